The van der Waals surface area contributed by atoms with Gasteiger partial charge in [-0.2, -0.15) is 0 Å². The van der Waals surface area contributed by atoms with Crippen LogP contribution in [0.25, 0.3) is 0 Å². The summed E-state index contributed by atoms with van der Waals surface area (Å²) in [5, 5.41) is 17.0. The molecule has 0 unspecified atom stereocenters. The zero-order valence-corrected chi connectivity index (χ0v) is 12.4. The number of hydrogen-bond acceptors (Lipinski definition) is 4. The Morgan fingerprint density at radius 1 is 1.30 bits per heavy atom. The van der Waals surface area contributed by atoms with Gasteiger partial charge in [0.15, 0.2) is 0 Å². The highest BCUT2D eigenvalue weighted by molar-refractivity contribution is 5.67. The number of rotatable bonds is 7. The highest BCUT2D eigenvalue weighted by Crippen LogP contribution is 2.29. The first-order valence-corrected chi connectivity index (χ1v) is 7.48. The van der Waals surface area contributed by atoms with E-state index in [9.17, 15) is 4.79 Å². The molecular formula is C15H24N2O3. The number of carboxylic acid groups (broad SMARTS) is 1. The van der Waals surface area contributed by atoms with Crippen LogP contribution in [0.2, 0.25) is 0 Å². The Morgan fingerprint density at radius 3 is 2.60 bits per heavy atom. The monoisotopic (exact) mass is 280 g/mol. The van der Waals surface area contributed by atoms with Gasteiger partial charge in [0.2, 0.25) is 11.8 Å². The first-order chi connectivity index (χ1) is 9.44. The predicted octanol–water partition coefficient (Wildman–Crippen LogP) is 3.24. The van der Waals surface area contributed by atoms with Gasteiger partial charge in [-0.1, -0.05) is 39.5 Å². The van der Waals surface area contributed by atoms with Gasteiger partial charge in [0, 0.05) is 12.8 Å². The average Bonchev–Trinajstić information content (AvgIpc) is 2.94. The number of aliphatic carboxylic acids is 1. The summed E-state index contributed by atoms with van der Waals surface area (Å²) in [6, 6.07) is 0. The molecule has 1 fully saturated rings. The summed E-state index contributed by atoms with van der Waals surface area (Å²) in [6.45, 7) is 3.81. The third-order valence-corrected chi connectivity index (χ3v) is 4.01. The molecule has 5 heteroatoms. The molecule has 1 saturated carbocycles. The number of aryl methyl sites for hydroxylation is 1. The van der Waals surface area contributed by atoms with Crippen LogP contribution in [-0.2, 0) is 17.6 Å². The minimum Gasteiger partial charge on any atom is -0.481 e. The quantitative estimate of drug-likeness (QED) is 0.829. The van der Waals surface area contributed by atoms with Crippen molar-refractivity contribution in [3.05, 3.63) is 11.8 Å². The van der Waals surface area contributed by atoms with E-state index in [-0.39, 0.29) is 11.8 Å². The summed E-state index contributed by atoms with van der Waals surface area (Å²) >= 11 is 0. The lowest BCUT2D eigenvalue weighted by Gasteiger charge is -2.19. The second-order valence-corrected chi connectivity index (χ2v) is 6.69. The van der Waals surface area contributed by atoms with E-state index >= 15 is 0 Å². The Labute approximate surface area is 119 Å². The molecule has 1 heterocycles. The van der Waals surface area contributed by atoms with Crippen LogP contribution >= 0.6 is 0 Å². The molecule has 112 valence electrons. The fourth-order valence-corrected chi connectivity index (χ4v) is 2.97. The van der Waals surface area contributed by atoms with Crippen molar-refractivity contribution in [1.82, 2.24) is 10.2 Å². The third kappa shape index (κ3) is 4.62. The summed E-state index contributed by atoms with van der Waals surface area (Å²) in [5.41, 5.74) is -0.360. The van der Waals surface area contributed by atoms with Crippen LogP contribution in [0.5, 0.6) is 0 Å². The van der Waals surface area contributed by atoms with Gasteiger partial charge >= 0.3 is 5.97 Å². The summed E-state index contributed by atoms with van der Waals surface area (Å²) in [4.78, 5) is 10.8. The normalized spacial score (nSPS) is 16.7. The summed E-state index contributed by atoms with van der Waals surface area (Å²) < 4.78 is 5.65. The zero-order chi connectivity index (χ0) is 14.6. The van der Waals surface area contributed by atoms with Crippen LogP contribution in [0.4, 0.5) is 0 Å². The Morgan fingerprint density at radius 2 is 1.95 bits per heavy atom. The first kappa shape index (κ1) is 15.0. The van der Waals surface area contributed by atoms with Gasteiger partial charge in [0.1, 0.15) is 0 Å². The van der Waals surface area contributed by atoms with E-state index in [1.54, 1.807) is 0 Å². The minimum atomic E-state index is -0.795. The van der Waals surface area contributed by atoms with Crippen molar-refractivity contribution < 1.29 is 14.3 Å². The predicted molar refractivity (Wildman–Crippen MR) is 74.3 cm³/mol. The molecule has 1 aliphatic carbocycles. The molecule has 1 N–H and O–H groups in total. The van der Waals surface area contributed by atoms with E-state index in [4.69, 9.17) is 9.52 Å². The number of carbonyl (C=O) groups is 1. The summed E-state index contributed by atoms with van der Waals surface area (Å²) in [7, 11) is 0. The van der Waals surface area contributed by atoms with Crippen LogP contribution < -0.4 is 0 Å². The summed E-state index contributed by atoms with van der Waals surface area (Å²) in [5.74, 6) is 1.26. The fraction of sp³-hybridized carbons (Fsp3) is 0.800. The molecule has 1 aliphatic rings. The maximum Gasteiger partial charge on any atom is 0.303 e. The number of aromatic nitrogens is 2. The molecule has 5 nitrogen and oxygen atoms in total. The van der Waals surface area contributed by atoms with Gasteiger partial charge in [0.05, 0.1) is 6.42 Å². The molecule has 0 amide bonds. The molecule has 1 aromatic rings. The molecule has 0 aliphatic heterocycles. The van der Waals surface area contributed by atoms with E-state index in [0.29, 0.717) is 18.2 Å². The van der Waals surface area contributed by atoms with Crippen molar-refractivity contribution in [1.29, 1.82) is 0 Å². The topological polar surface area (TPSA) is 76.2 Å². The number of nitrogens with zero attached hydrogens (tertiary/aromatic N) is 2. The molecule has 2 rings (SSSR count). The van der Waals surface area contributed by atoms with Gasteiger partial charge < -0.3 is 9.52 Å². The molecule has 20 heavy (non-hydrogen) atoms. The van der Waals surface area contributed by atoms with Crippen molar-refractivity contribution in [2.75, 3.05) is 0 Å². The van der Waals surface area contributed by atoms with E-state index in [0.717, 1.165) is 18.8 Å². The molecule has 0 saturated heterocycles. The second-order valence-electron chi connectivity index (χ2n) is 6.69. The lowest BCUT2D eigenvalue weighted by molar-refractivity contribution is -0.139. The lowest BCUT2D eigenvalue weighted by Crippen LogP contribution is -2.19. The number of hydrogen-bond donors (Lipinski definition) is 1. The highest BCUT2D eigenvalue weighted by Gasteiger charge is 2.25. The number of carboxylic acids is 1. The Kier molecular flexibility index (Phi) is 4.78. The standard InChI is InChI=1S/C15H24N2O3/c1-15(2,10-14(18)19)9-13-17-16-12(20-13)8-7-11-5-3-4-6-11/h11H,3-10H2,1-2H3,(H,18,19). The van der Waals surface area contributed by atoms with E-state index in [1.165, 1.54) is 25.7 Å². The molecule has 1 aromatic heterocycles. The van der Waals surface area contributed by atoms with Crippen LogP contribution in [0.3, 0.4) is 0 Å². The highest BCUT2D eigenvalue weighted by atomic mass is 16.4. The first-order valence-electron chi connectivity index (χ1n) is 7.48. The van der Waals surface area contributed by atoms with Crippen LogP contribution in [-0.4, -0.2) is 21.3 Å². The van der Waals surface area contributed by atoms with Gasteiger partial charge in [-0.25, -0.2) is 0 Å². The van der Waals surface area contributed by atoms with Crippen molar-refractivity contribution in [2.24, 2.45) is 11.3 Å². The zero-order valence-electron chi connectivity index (χ0n) is 12.4. The average molecular weight is 280 g/mol. The molecule has 0 aromatic carbocycles. The van der Waals surface area contributed by atoms with Crippen LogP contribution in [0.15, 0.2) is 4.42 Å². The smallest absolute Gasteiger partial charge is 0.303 e. The van der Waals surface area contributed by atoms with Crippen molar-refractivity contribution in [2.45, 2.75) is 65.2 Å². The van der Waals surface area contributed by atoms with Gasteiger partial charge in [-0.15, -0.1) is 10.2 Å². The molecule has 0 atom stereocenters. The molecule has 0 radical (unpaired) electrons. The third-order valence-electron chi connectivity index (χ3n) is 4.01. The van der Waals surface area contributed by atoms with Crippen molar-refractivity contribution in [3.63, 3.8) is 0 Å². The van der Waals surface area contributed by atoms with Crippen LogP contribution in [0.1, 0.15) is 64.2 Å². The van der Waals surface area contributed by atoms with E-state index < -0.39 is 5.97 Å². The Hall–Kier alpha value is -1.39. The van der Waals surface area contributed by atoms with Crippen molar-refractivity contribution >= 4 is 5.97 Å². The fourth-order valence-electron chi connectivity index (χ4n) is 2.97. The lowest BCUT2D eigenvalue weighted by atomic mass is 9.86. The Bertz CT molecular complexity index is 448. The van der Waals surface area contributed by atoms with Gasteiger partial charge in [-0.3, -0.25) is 4.79 Å². The Balaban J connectivity index is 1.83. The molecule has 0 bridgehead atoms. The van der Waals surface area contributed by atoms with Gasteiger partial charge in [-0.05, 0) is 17.8 Å². The van der Waals surface area contributed by atoms with Crippen LogP contribution in [0, 0.1) is 11.3 Å². The van der Waals surface area contributed by atoms with E-state index in [2.05, 4.69) is 10.2 Å². The van der Waals surface area contributed by atoms with Crippen molar-refractivity contribution in [3.8, 4) is 0 Å². The largest absolute Gasteiger partial charge is 0.481 e. The molecular weight excluding hydrogens is 256 g/mol. The maximum absolute atomic E-state index is 10.8. The summed E-state index contributed by atoms with van der Waals surface area (Å²) in [6.07, 6.45) is 7.94. The SMILES string of the molecule is CC(C)(CC(=O)O)Cc1nnc(CCC2CCCC2)o1. The minimum absolute atomic E-state index is 0.104. The molecule has 0 spiro atoms. The van der Waals surface area contributed by atoms with E-state index in [1.807, 2.05) is 13.8 Å². The second kappa shape index (κ2) is 6.37. The maximum atomic E-state index is 10.8. The van der Waals surface area contributed by atoms with Gasteiger partial charge in [0.25, 0.3) is 0 Å².